The van der Waals surface area contributed by atoms with Crippen molar-refractivity contribution in [1.82, 2.24) is 15.0 Å². The molecule has 58 heavy (non-hydrogen) atoms. The van der Waals surface area contributed by atoms with Gasteiger partial charge in [0, 0.05) is 32.8 Å². The van der Waals surface area contributed by atoms with E-state index in [1.165, 1.54) is 60.7 Å². The second kappa shape index (κ2) is 13.7. The Bertz CT molecular complexity index is 3000. The summed E-state index contributed by atoms with van der Waals surface area (Å²) < 4.78 is 130. The van der Waals surface area contributed by atoms with Crippen LogP contribution in [0.4, 0.5) is 39.5 Å². The molecule has 0 radical (unpaired) electrons. The number of hydrogen-bond donors (Lipinski definition) is 0. The lowest BCUT2D eigenvalue weighted by Crippen LogP contribution is -2.11. The van der Waals surface area contributed by atoms with E-state index in [1.807, 2.05) is 12.1 Å². The van der Waals surface area contributed by atoms with Gasteiger partial charge in [0.15, 0.2) is 0 Å². The fourth-order valence-electron chi connectivity index (χ4n) is 6.94. The molecular formula is C44H20F9N5. The molecule has 0 N–H and O–H groups in total. The predicted molar refractivity (Wildman–Crippen MR) is 199 cm³/mol. The lowest BCUT2D eigenvalue weighted by atomic mass is 9.89. The number of fused-ring (bicyclic) bond motifs is 5. The minimum absolute atomic E-state index is 0.0180. The molecule has 6 aromatic carbocycles. The van der Waals surface area contributed by atoms with Crippen molar-refractivity contribution in [2.75, 3.05) is 0 Å². The first-order chi connectivity index (χ1) is 27.5. The Labute approximate surface area is 321 Å². The second-order valence-corrected chi connectivity index (χ2v) is 13.2. The van der Waals surface area contributed by atoms with Gasteiger partial charge in [0.05, 0.1) is 73.6 Å². The average Bonchev–Trinajstić information content (AvgIpc) is 3.21. The molecule has 0 amide bonds. The molecule has 8 aromatic rings. The maximum absolute atomic E-state index is 15.5. The van der Waals surface area contributed by atoms with Gasteiger partial charge in [0.25, 0.3) is 0 Å². The van der Waals surface area contributed by atoms with Gasteiger partial charge in [-0.25, -0.2) is 15.0 Å². The molecule has 0 spiro atoms. The van der Waals surface area contributed by atoms with E-state index in [4.69, 9.17) is 9.97 Å². The topological polar surface area (TPSA) is 86.2 Å². The summed E-state index contributed by atoms with van der Waals surface area (Å²) in [6, 6.07) is 29.6. The van der Waals surface area contributed by atoms with Crippen molar-refractivity contribution < 1.29 is 39.5 Å². The first kappa shape index (κ1) is 37.6. The van der Waals surface area contributed by atoms with Gasteiger partial charge >= 0.3 is 18.5 Å². The highest BCUT2D eigenvalue weighted by molar-refractivity contribution is 6.23. The monoisotopic (exact) mass is 789 g/mol. The van der Waals surface area contributed by atoms with E-state index in [9.17, 15) is 36.9 Å². The van der Waals surface area contributed by atoms with Crippen LogP contribution in [0.25, 0.3) is 77.6 Å². The second-order valence-electron chi connectivity index (χ2n) is 13.2. The van der Waals surface area contributed by atoms with Crippen LogP contribution in [0.2, 0.25) is 0 Å². The Kier molecular flexibility index (Phi) is 8.88. The van der Waals surface area contributed by atoms with E-state index in [-0.39, 0.29) is 61.6 Å². The van der Waals surface area contributed by atoms with E-state index in [0.717, 1.165) is 6.07 Å². The third-order valence-corrected chi connectivity index (χ3v) is 9.56. The number of aromatic nitrogens is 3. The largest absolute Gasteiger partial charge is 0.417 e. The minimum atomic E-state index is -5.19. The zero-order chi connectivity index (χ0) is 41.1. The van der Waals surface area contributed by atoms with Crippen LogP contribution in [0, 0.1) is 22.7 Å². The molecule has 0 atom stereocenters. The number of para-hydroxylation sites is 1. The van der Waals surface area contributed by atoms with Crippen molar-refractivity contribution in [3.8, 4) is 57.0 Å². The lowest BCUT2D eigenvalue weighted by molar-refractivity contribution is -0.143. The molecule has 0 saturated carbocycles. The van der Waals surface area contributed by atoms with Crippen LogP contribution in [0.3, 0.4) is 0 Å². The smallest absolute Gasteiger partial charge is 0.247 e. The van der Waals surface area contributed by atoms with Crippen molar-refractivity contribution in [1.29, 1.82) is 10.5 Å². The van der Waals surface area contributed by atoms with Gasteiger partial charge < -0.3 is 0 Å². The van der Waals surface area contributed by atoms with E-state index < -0.39 is 46.2 Å². The van der Waals surface area contributed by atoms with E-state index in [2.05, 4.69) is 4.98 Å². The van der Waals surface area contributed by atoms with E-state index in [1.54, 1.807) is 36.4 Å². The summed E-state index contributed by atoms with van der Waals surface area (Å²) in [6.45, 7) is 0. The highest BCUT2D eigenvalue weighted by Gasteiger charge is 2.39. The first-order valence-electron chi connectivity index (χ1n) is 17.1. The molecule has 14 heteroatoms. The van der Waals surface area contributed by atoms with Crippen molar-refractivity contribution in [3.05, 3.63) is 149 Å². The van der Waals surface area contributed by atoms with Gasteiger partial charge in [-0.15, -0.1) is 0 Å². The van der Waals surface area contributed by atoms with Gasteiger partial charge in [-0.2, -0.15) is 50.0 Å². The molecule has 0 aliphatic carbocycles. The molecule has 8 rings (SSSR count). The highest BCUT2D eigenvalue weighted by Crippen LogP contribution is 2.48. The van der Waals surface area contributed by atoms with E-state index >= 15 is 13.2 Å². The lowest BCUT2D eigenvalue weighted by Gasteiger charge is -2.20. The van der Waals surface area contributed by atoms with Crippen LogP contribution in [-0.4, -0.2) is 15.0 Å². The summed E-state index contributed by atoms with van der Waals surface area (Å²) in [7, 11) is 0. The maximum atomic E-state index is 15.5. The maximum Gasteiger partial charge on any atom is 0.417 e. The zero-order valence-corrected chi connectivity index (χ0v) is 29.2. The Balaban J connectivity index is 1.53. The quantitative estimate of drug-likeness (QED) is 0.131. The van der Waals surface area contributed by atoms with Gasteiger partial charge in [-0.3, -0.25) is 0 Å². The van der Waals surface area contributed by atoms with Crippen LogP contribution in [0.1, 0.15) is 27.8 Å². The Morgan fingerprint density at radius 3 is 1.47 bits per heavy atom. The van der Waals surface area contributed by atoms with Crippen LogP contribution in [-0.2, 0) is 18.5 Å². The van der Waals surface area contributed by atoms with Crippen molar-refractivity contribution in [2.45, 2.75) is 18.5 Å². The number of nitrogens with zero attached hydrogens (tertiary/aromatic N) is 5. The third-order valence-electron chi connectivity index (χ3n) is 9.56. The first-order valence-corrected chi connectivity index (χ1v) is 17.1. The number of hydrogen-bond acceptors (Lipinski definition) is 5. The van der Waals surface area contributed by atoms with Gasteiger partial charge in [-0.1, -0.05) is 66.7 Å². The summed E-state index contributed by atoms with van der Waals surface area (Å²) in [5.41, 5.74) is -3.99. The van der Waals surface area contributed by atoms with Gasteiger partial charge in [-0.05, 0) is 65.7 Å². The fraction of sp³-hybridized carbons (Fsp3) is 0.0682. The van der Waals surface area contributed by atoms with Crippen molar-refractivity contribution in [2.24, 2.45) is 0 Å². The SMILES string of the molecule is N#Cc1ccc(-c2nc3cc(C(F)(F)F)c4c(-c5ccccc5-c5cc(C(F)(F)F)cc(C(F)(F)F)c5)nc5ccccc5c4c3nc2-c2ccc(C#N)cc2)cc1. The average molecular weight is 790 g/mol. The summed E-state index contributed by atoms with van der Waals surface area (Å²) >= 11 is 0. The highest BCUT2D eigenvalue weighted by atomic mass is 19.4. The fourth-order valence-corrected chi connectivity index (χ4v) is 6.94. The summed E-state index contributed by atoms with van der Waals surface area (Å²) in [4.78, 5) is 14.3. The molecular weight excluding hydrogens is 770 g/mol. The van der Waals surface area contributed by atoms with Crippen LogP contribution >= 0.6 is 0 Å². The minimum Gasteiger partial charge on any atom is -0.247 e. The van der Waals surface area contributed by atoms with Gasteiger partial charge in [0.1, 0.15) is 0 Å². The summed E-state index contributed by atoms with van der Waals surface area (Å²) in [5.74, 6) is 0. The molecule has 0 aliphatic heterocycles. The van der Waals surface area contributed by atoms with Crippen molar-refractivity contribution >= 4 is 32.7 Å². The van der Waals surface area contributed by atoms with Crippen LogP contribution < -0.4 is 0 Å². The molecule has 0 saturated heterocycles. The number of pyridine rings is 1. The number of nitriles is 2. The number of rotatable bonds is 4. The summed E-state index contributed by atoms with van der Waals surface area (Å²) in [5, 5.41) is 18.4. The number of halogens is 9. The Morgan fingerprint density at radius 2 is 0.931 bits per heavy atom. The van der Waals surface area contributed by atoms with E-state index in [0.29, 0.717) is 34.4 Å². The van der Waals surface area contributed by atoms with Crippen LogP contribution in [0.15, 0.2) is 121 Å². The summed E-state index contributed by atoms with van der Waals surface area (Å²) in [6.07, 6.45) is -15.5. The van der Waals surface area contributed by atoms with Gasteiger partial charge in [0.2, 0.25) is 0 Å². The molecule has 0 bridgehead atoms. The molecule has 2 aromatic heterocycles. The van der Waals surface area contributed by atoms with Crippen molar-refractivity contribution in [3.63, 3.8) is 0 Å². The normalized spacial score (nSPS) is 12.2. The standard InChI is InChI=1S/C44H20F9N5/c45-42(46,47)28-17-27(18-29(19-28)43(48,49)50)30-5-1-2-6-31(30)40-37-33(44(51,52)53)20-35-41(36(37)32-7-3-4-8-34(32)56-40)58-39(26-15-11-24(22-55)12-16-26)38(57-35)25-13-9-23(21-54)10-14-25/h1-20H. The predicted octanol–water partition coefficient (Wildman–Crippen LogP) is 12.8. The molecule has 0 aliphatic rings. The Morgan fingerprint density at radius 1 is 0.431 bits per heavy atom. The third kappa shape index (κ3) is 6.68. The molecule has 0 unspecified atom stereocenters. The molecule has 0 fully saturated rings. The molecule has 2 heterocycles. The number of benzene rings is 6. The van der Waals surface area contributed by atoms with Crippen LogP contribution in [0.5, 0.6) is 0 Å². The molecule has 5 nitrogen and oxygen atoms in total. The molecule has 284 valence electrons. The zero-order valence-electron chi connectivity index (χ0n) is 29.2. The number of alkyl halides is 9. The Hall–Kier alpha value is -7.32.